The number of nitrogens with one attached hydrogen (secondary N) is 3. The Morgan fingerprint density at radius 1 is 1.01 bits per heavy atom. The third kappa shape index (κ3) is 16.6. The number of allylic oxidation sites excluding steroid dienone is 3. The summed E-state index contributed by atoms with van der Waals surface area (Å²) in [7, 11) is 3.06. The molecule has 80 heavy (non-hydrogen) atoms. The fourth-order valence-corrected chi connectivity index (χ4v) is 11.3. The first-order valence-corrected chi connectivity index (χ1v) is 28.1. The quantitative estimate of drug-likeness (QED) is 0.0267. The summed E-state index contributed by atoms with van der Waals surface area (Å²) in [5.74, 6) is -3.48. The van der Waals surface area contributed by atoms with Crippen LogP contribution in [0.2, 0.25) is 5.02 Å². The molecule has 9 atom stereocenters. The topological polar surface area (TPSA) is 266 Å². The Morgan fingerprint density at radius 3 is 2.38 bits per heavy atom. The Bertz CT molecular complexity index is 2750. The lowest BCUT2D eigenvalue weighted by Gasteiger charge is -2.41. The first-order valence-electron chi connectivity index (χ1n) is 27.3. The summed E-state index contributed by atoms with van der Waals surface area (Å²) in [6, 6.07) is 8.64. The van der Waals surface area contributed by atoms with Crippen LogP contribution in [0.5, 0.6) is 0 Å². The lowest BCUT2D eigenvalue weighted by molar-refractivity contribution is -0.187. The van der Waals surface area contributed by atoms with E-state index in [0.717, 1.165) is 29.5 Å². The van der Waals surface area contributed by atoms with Crippen LogP contribution >= 0.6 is 23.8 Å². The molecule has 6 N–H and O–H groups in total. The largest absolute Gasteiger partial charge is 0.462 e. The number of aryl methyl sites for hydroxylation is 1. The van der Waals surface area contributed by atoms with Gasteiger partial charge in [0.25, 0.3) is 11.8 Å². The van der Waals surface area contributed by atoms with E-state index < -0.39 is 77.5 Å². The number of Topliss-reactive ketones (excluding diaryl/α,β-unsaturated/α-hetero) is 1. The second-order valence-electron chi connectivity index (χ2n) is 22.1. The van der Waals surface area contributed by atoms with Crippen molar-refractivity contribution in [1.29, 1.82) is 0 Å². The summed E-state index contributed by atoms with van der Waals surface area (Å²) in [5.41, 5.74) is 6.36. The van der Waals surface area contributed by atoms with Crippen molar-refractivity contribution in [2.45, 2.75) is 160 Å². The van der Waals surface area contributed by atoms with Crippen LogP contribution in [-0.2, 0) is 60.6 Å². The molecule has 4 heterocycles. The summed E-state index contributed by atoms with van der Waals surface area (Å²) in [6.45, 7) is 11.7. The number of carbonyl (C=O) groups is 8. The fraction of sp³-hybridized carbons (Fsp3) is 0.542. The minimum absolute atomic E-state index is 0.0240. The van der Waals surface area contributed by atoms with Crippen molar-refractivity contribution in [3.8, 4) is 0 Å². The third-order valence-electron chi connectivity index (χ3n) is 15.5. The Morgan fingerprint density at radius 2 is 1.71 bits per heavy atom. The van der Waals surface area contributed by atoms with Gasteiger partial charge in [0.15, 0.2) is 5.78 Å². The monoisotopic (exact) mass is 1140 g/mol. The molecule has 0 unspecified atom stereocenters. The van der Waals surface area contributed by atoms with Gasteiger partial charge in [0.05, 0.1) is 35.7 Å². The van der Waals surface area contributed by atoms with Crippen LogP contribution in [0.25, 0.3) is 0 Å². The number of halogens is 1. The first-order chi connectivity index (χ1) is 37.8. The number of thiocarbonyl (C=S) groups is 1. The van der Waals surface area contributed by atoms with Gasteiger partial charge in [0.1, 0.15) is 29.5 Å². The van der Waals surface area contributed by atoms with Gasteiger partial charge in [0.2, 0.25) is 11.8 Å². The van der Waals surface area contributed by atoms with E-state index in [9.17, 15) is 43.5 Å². The number of methoxy groups -OCH3 is 1. The fourth-order valence-electron chi connectivity index (χ4n) is 10.7. The number of ether oxygens (including phenoxy) is 4. The molecule has 434 valence electrons. The molecule has 0 aliphatic carbocycles. The number of aliphatic hydroxyl groups is 1. The number of unbranched alkanes of at least 4 members (excludes halogenated alkanes) is 2. The van der Waals surface area contributed by atoms with E-state index in [-0.39, 0.29) is 68.1 Å². The molecule has 0 saturated carbocycles. The number of nitrogens with two attached hydrogens (primary N) is 1. The number of fused-ring (bicyclic) bond motifs is 5. The number of epoxide rings is 1. The molecule has 4 aliphatic rings. The number of primary amides is 1. The standard InChI is InChI=1S/C59H77ClN6O13S/c1-34(2)42(30-41(80)15-10-9-11-25-66-49(68)22-23-50(66)69)55(72)64-43(16-13-24-62-56(61)73)45(67)29-38-18-20-40(21-19-38)63-57(74)78-48-31-51(70)65(7)44-28-39(27-36(4)53(44)60)26-35(3)14-12-17-47(76-8)59(75)32-46(77-52(71)33-59)37(5)54-58(48,6)79-54/h12,14,17-23,27-28,34,37,42-43,46-48,54,75H,9-11,13,15-16,24-26,29-33H2,1-8H3,(H,63,74)(H,64,72)(H3,61,62,73)/b17-12+,35-14+/t37-,42+,43+,46+,47-,48+,54+,58+,59-/m1/s1. The summed E-state index contributed by atoms with van der Waals surface area (Å²) in [4.78, 5) is 108. The second kappa shape index (κ2) is 27.9. The average molecular weight is 1150 g/mol. The third-order valence-corrected chi connectivity index (χ3v) is 16.4. The van der Waals surface area contributed by atoms with E-state index >= 15 is 0 Å². The van der Waals surface area contributed by atoms with Crippen molar-refractivity contribution in [2.75, 3.05) is 37.5 Å². The molecule has 0 spiro atoms. The van der Waals surface area contributed by atoms with Gasteiger partial charge in [-0.05, 0) is 111 Å². The molecular weight excluding hydrogens is 1070 g/mol. The average Bonchev–Trinajstić information content (AvgIpc) is 4.18. The van der Waals surface area contributed by atoms with Crippen molar-refractivity contribution in [1.82, 2.24) is 15.5 Å². The highest BCUT2D eigenvalue weighted by atomic mass is 35.5. The maximum absolute atomic E-state index is 14.4. The van der Waals surface area contributed by atoms with Gasteiger partial charge in [-0.25, -0.2) is 9.59 Å². The van der Waals surface area contributed by atoms with E-state index in [1.165, 1.54) is 29.1 Å². The van der Waals surface area contributed by atoms with E-state index in [1.807, 2.05) is 52.8 Å². The zero-order chi connectivity index (χ0) is 58.6. The first kappa shape index (κ1) is 62.9. The van der Waals surface area contributed by atoms with Crippen molar-refractivity contribution < 1.29 is 62.4 Å². The van der Waals surface area contributed by atoms with Gasteiger partial charge in [-0.1, -0.05) is 93.0 Å². The zero-order valence-corrected chi connectivity index (χ0v) is 48.5. The van der Waals surface area contributed by atoms with Gasteiger partial charge < -0.3 is 45.3 Å². The Hall–Kier alpha value is -6.32. The summed E-state index contributed by atoms with van der Waals surface area (Å²) in [5, 5.41) is 20.6. The Balaban J connectivity index is 1.14. The molecule has 21 heteroatoms. The number of esters is 1. The number of carbonyl (C=O) groups excluding carboxylic acids is 8. The highest BCUT2D eigenvalue weighted by Gasteiger charge is 2.64. The highest BCUT2D eigenvalue weighted by molar-refractivity contribution is 7.80. The normalized spacial score (nSPS) is 25.9. The number of ketones is 1. The lowest BCUT2D eigenvalue weighted by Crippen LogP contribution is -2.53. The van der Waals surface area contributed by atoms with Crippen molar-refractivity contribution in [3.63, 3.8) is 0 Å². The minimum Gasteiger partial charge on any atom is -0.462 e. The number of urea groups is 1. The number of amides is 7. The molecule has 19 nitrogen and oxygen atoms in total. The summed E-state index contributed by atoms with van der Waals surface area (Å²) in [6.07, 6.45) is 6.81. The van der Waals surface area contributed by atoms with Gasteiger partial charge >= 0.3 is 18.1 Å². The van der Waals surface area contributed by atoms with Gasteiger partial charge in [-0.2, -0.15) is 0 Å². The van der Waals surface area contributed by atoms with E-state index in [0.29, 0.717) is 65.5 Å². The van der Waals surface area contributed by atoms with E-state index in [2.05, 4.69) is 16.0 Å². The van der Waals surface area contributed by atoms with Crippen molar-refractivity contribution in [2.24, 2.45) is 23.5 Å². The minimum atomic E-state index is -1.62. The van der Waals surface area contributed by atoms with Crippen molar-refractivity contribution in [3.05, 3.63) is 94.1 Å². The molecule has 0 radical (unpaired) electrons. The number of rotatable bonds is 21. The zero-order valence-electron chi connectivity index (χ0n) is 47.0. The predicted octanol–water partition coefficient (Wildman–Crippen LogP) is 7.49. The number of hydrogen-bond acceptors (Lipinski definition) is 14. The molecule has 2 fully saturated rings. The number of nitrogens with zero attached hydrogens (tertiary/aromatic N) is 2. The maximum Gasteiger partial charge on any atom is 0.412 e. The van der Waals surface area contributed by atoms with Gasteiger partial charge in [-0.15, -0.1) is 0 Å². The van der Waals surface area contributed by atoms with Gasteiger partial charge in [0, 0.05) is 69.8 Å². The van der Waals surface area contributed by atoms with Crippen LogP contribution < -0.4 is 26.6 Å². The SMILES string of the molecule is CO[C@@H]1/C=C/C=C(\C)Cc2cc(C)c(Cl)c(c2)N(C)C(=O)C[C@H](OC(=O)Nc2ccc(CC(=O)[C@H](CCCNC(N)=O)NC(=O)[C@@H](CC(=S)CCCCCN3C(=O)C=CC3=O)C(C)C)cc2)[C@]2(C)O[C@H]2[C@H](C)[C@@H]2C[C@@]1(O)CC(=O)O2. The number of imide groups is 1. The molecule has 4 aliphatic heterocycles. The molecule has 7 amide bonds. The van der Waals surface area contributed by atoms with Crippen LogP contribution in [0, 0.1) is 24.7 Å². The van der Waals surface area contributed by atoms with E-state index in [1.54, 1.807) is 50.4 Å². The van der Waals surface area contributed by atoms with Gasteiger partial charge in [-0.3, -0.25) is 39.0 Å². The number of anilines is 2. The Labute approximate surface area is 478 Å². The van der Waals surface area contributed by atoms with Crippen LogP contribution in [0.4, 0.5) is 21.0 Å². The number of hydrogen-bond donors (Lipinski definition) is 5. The Kier molecular flexibility index (Phi) is 21.9. The van der Waals surface area contributed by atoms with Crippen LogP contribution in [-0.4, -0.2) is 131 Å². The maximum atomic E-state index is 14.4. The molecule has 2 aromatic carbocycles. The van der Waals surface area contributed by atoms with E-state index in [4.69, 9.17) is 48.5 Å². The lowest BCUT2D eigenvalue weighted by atomic mass is 9.78. The number of benzene rings is 2. The summed E-state index contributed by atoms with van der Waals surface area (Å²) < 4.78 is 24.0. The molecular formula is C59H77ClN6O13S. The molecule has 2 saturated heterocycles. The highest BCUT2D eigenvalue weighted by Crippen LogP contribution is 2.50. The second-order valence-corrected chi connectivity index (χ2v) is 23.1. The van der Waals surface area contributed by atoms with Crippen LogP contribution in [0.3, 0.4) is 0 Å². The van der Waals surface area contributed by atoms with Crippen molar-refractivity contribution >= 4 is 87.6 Å². The molecule has 2 aromatic rings. The molecule has 0 aromatic heterocycles. The van der Waals surface area contributed by atoms with Crippen LogP contribution in [0.1, 0.15) is 116 Å². The molecule has 6 rings (SSSR count). The van der Waals surface area contributed by atoms with Crippen LogP contribution in [0.15, 0.2) is 72.4 Å². The smallest absolute Gasteiger partial charge is 0.412 e. The summed E-state index contributed by atoms with van der Waals surface area (Å²) >= 11 is 12.6. The predicted molar refractivity (Wildman–Crippen MR) is 306 cm³/mol. The molecule has 4 bridgehead atoms.